The molecule has 0 rings (SSSR count). The lowest BCUT2D eigenvalue weighted by Crippen LogP contribution is -2.27. The molecule has 0 N–H and O–H groups in total. The molecule has 0 aromatic heterocycles. The van der Waals surface area contributed by atoms with E-state index in [-0.39, 0.29) is 0 Å². The lowest BCUT2D eigenvalue weighted by molar-refractivity contribution is 0.0104. The minimum atomic E-state index is 0.665. The summed E-state index contributed by atoms with van der Waals surface area (Å²) >= 11 is 0. The van der Waals surface area contributed by atoms with Gasteiger partial charge in [-0.05, 0) is 19.5 Å². The Kier molecular flexibility index (Phi) is 18.8. The average Bonchev–Trinajstić information content (AvgIpc) is 2.55. The molecule has 0 aliphatic carbocycles. The monoisotopic (exact) mass is 317 g/mol. The third-order valence-electron chi connectivity index (χ3n) is 3.83. The summed E-state index contributed by atoms with van der Waals surface area (Å²) in [6, 6.07) is 0. The van der Waals surface area contributed by atoms with Crippen LogP contribution in [0.1, 0.15) is 59.3 Å². The number of rotatable bonds is 18. The molecule has 0 amide bonds. The van der Waals surface area contributed by atoms with Crippen LogP contribution in [0.15, 0.2) is 0 Å². The van der Waals surface area contributed by atoms with E-state index in [1.54, 1.807) is 0 Å². The molecule has 0 spiro atoms. The van der Waals surface area contributed by atoms with E-state index in [9.17, 15) is 0 Å². The van der Waals surface area contributed by atoms with Gasteiger partial charge in [-0.15, -0.1) is 0 Å². The van der Waals surface area contributed by atoms with Gasteiger partial charge in [0.1, 0.15) is 0 Å². The summed E-state index contributed by atoms with van der Waals surface area (Å²) in [5.74, 6) is 0. The Bertz CT molecular complexity index is 199. The van der Waals surface area contributed by atoms with E-state index in [0.29, 0.717) is 26.4 Å². The highest BCUT2D eigenvalue weighted by Crippen LogP contribution is 2.04. The SMILES string of the molecule is CCCCCCCCOCCOCCOCCN(CC)CC. The number of hydrogen-bond acceptors (Lipinski definition) is 4. The van der Waals surface area contributed by atoms with Crippen LogP contribution >= 0.6 is 0 Å². The maximum absolute atomic E-state index is 5.56. The molecule has 0 atom stereocenters. The van der Waals surface area contributed by atoms with E-state index >= 15 is 0 Å². The molecule has 4 nitrogen and oxygen atoms in total. The average molecular weight is 318 g/mol. The maximum Gasteiger partial charge on any atom is 0.0701 e. The molecular weight excluding hydrogens is 278 g/mol. The Labute approximate surface area is 138 Å². The zero-order chi connectivity index (χ0) is 16.3. The van der Waals surface area contributed by atoms with Crippen LogP contribution in [0.3, 0.4) is 0 Å². The topological polar surface area (TPSA) is 30.9 Å². The standard InChI is InChI=1S/C18H39NO3/c1-4-7-8-9-10-11-13-20-15-17-22-18-16-21-14-12-19(5-2)6-3/h4-18H2,1-3H3. The zero-order valence-electron chi connectivity index (χ0n) is 15.3. The van der Waals surface area contributed by atoms with Crippen LogP contribution in [0, 0.1) is 0 Å². The Morgan fingerprint density at radius 2 is 1.05 bits per heavy atom. The molecule has 134 valence electrons. The molecule has 0 fully saturated rings. The highest BCUT2D eigenvalue weighted by molar-refractivity contribution is 4.50. The Hall–Kier alpha value is -0.160. The van der Waals surface area contributed by atoms with E-state index in [1.807, 2.05) is 0 Å². The van der Waals surface area contributed by atoms with Crippen molar-refractivity contribution in [3.05, 3.63) is 0 Å². The minimum Gasteiger partial charge on any atom is -0.379 e. The highest BCUT2D eigenvalue weighted by atomic mass is 16.5. The first-order chi connectivity index (χ1) is 10.8. The van der Waals surface area contributed by atoms with Gasteiger partial charge in [-0.25, -0.2) is 0 Å². The fraction of sp³-hybridized carbons (Fsp3) is 1.00. The van der Waals surface area contributed by atoms with Gasteiger partial charge in [0.05, 0.1) is 33.0 Å². The number of ether oxygens (including phenoxy) is 3. The molecule has 0 bridgehead atoms. The Balaban J connectivity index is 3.02. The van der Waals surface area contributed by atoms with E-state index in [1.165, 1.54) is 38.5 Å². The predicted molar refractivity (Wildman–Crippen MR) is 93.6 cm³/mol. The summed E-state index contributed by atoms with van der Waals surface area (Å²) in [5, 5.41) is 0. The second-order valence-corrected chi connectivity index (χ2v) is 5.63. The maximum atomic E-state index is 5.56. The molecule has 0 unspecified atom stereocenters. The first kappa shape index (κ1) is 21.8. The van der Waals surface area contributed by atoms with E-state index in [2.05, 4.69) is 25.7 Å². The van der Waals surface area contributed by atoms with E-state index < -0.39 is 0 Å². The second kappa shape index (κ2) is 18.9. The molecule has 0 heterocycles. The quantitative estimate of drug-likeness (QED) is 0.360. The third-order valence-corrected chi connectivity index (χ3v) is 3.83. The van der Waals surface area contributed by atoms with Crippen LogP contribution in [0.5, 0.6) is 0 Å². The first-order valence-electron chi connectivity index (χ1n) is 9.30. The van der Waals surface area contributed by atoms with Crippen molar-refractivity contribution in [3.63, 3.8) is 0 Å². The van der Waals surface area contributed by atoms with Crippen LogP contribution < -0.4 is 0 Å². The fourth-order valence-electron chi connectivity index (χ4n) is 2.26. The molecule has 0 aromatic carbocycles. The van der Waals surface area contributed by atoms with Gasteiger partial charge in [0.2, 0.25) is 0 Å². The van der Waals surface area contributed by atoms with Gasteiger partial charge in [-0.3, -0.25) is 0 Å². The van der Waals surface area contributed by atoms with Gasteiger partial charge in [0.25, 0.3) is 0 Å². The lowest BCUT2D eigenvalue weighted by atomic mass is 10.1. The summed E-state index contributed by atoms with van der Waals surface area (Å²) in [6.07, 6.45) is 7.87. The first-order valence-corrected chi connectivity index (χ1v) is 9.30. The fourth-order valence-corrected chi connectivity index (χ4v) is 2.26. The molecule has 4 heteroatoms. The minimum absolute atomic E-state index is 0.665. The summed E-state index contributed by atoms with van der Waals surface area (Å²) in [6.45, 7) is 14.2. The number of unbranched alkanes of at least 4 members (excludes halogenated alkanes) is 5. The Morgan fingerprint density at radius 1 is 0.545 bits per heavy atom. The highest BCUT2D eigenvalue weighted by Gasteiger charge is 1.98. The Morgan fingerprint density at radius 3 is 1.64 bits per heavy atom. The van der Waals surface area contributed by atoms with Crippen molar-refractivity contribution < 1.29 is 14.2 Å². The van der Waals surface area contributed by atoms with Crippen LogP contribution in [0.2, 0.25) is 0 Å². The van der Waals surface area contributed by atoms with Crippen molar-refractivity contribution in [1.29, 1.82) is 0 Å². The summed E-state index contributed by atoms with van der Waals surface area (Å²) in [4.78, 5) is 2.36. The molecule has 22 heavy (non-hydrogen) atoms. The molecular formula is C18H39NO3. The van der Waals surface area contributed by atoms with Crippen molar-refractivity contribution in [2.24, 2.45) is 0 Å². The van der Waals surface area contributed by atoms with Crippen molar-refractivity contribution >= 4 is 0 Å². The molecule has 0 aromatic rings. The van der Waals surface area contributed by atoms with E-state index in [0.717, 1.165) is 32.8 Å². The normalized spacial score (nSPS) is 11.5. The lowest BCUT2D eigenvalue weighted by Gasteiger charge is -2.17. The number of likely N-dealkylation sites (N-methyl/N-ethyl adjacent to an activating group) is 1. The summed E-state index contributed by atoms with van der Waals surface area (Å²) < 4.78 is 16.6. The van der Waals surface area contributed by atoms with Crippen molar-refractivity contribution in [2.75, 3.05) is 59.3 Å². The zero-order valence-corrected chi connectivity index (χ0v) is 15.3. The molecule has 0 aliphatic heterocycles. The second-order valence-electron chi connectivity index (χ2n) is 5.63. The van der Waals surface area contributed by atoms with Gasteiger partial charge in [-0.2, -0.15) is 0 Å². The molecule has 0 aliphatic rings. The number of hydrogen-bond donors (Lipinski definition) is 0. The number of nitrogens with zero attached hydrogens (tertiary/aromatic N) is 1. The molecule has 0 saturated carbocycles. The van der Waals surface area contributed by atoms with Gasteiger partial charge < -0.3 is 19.1 Å². The predicted octanol–water partition coefficient (Wildman–Crippen LogP) is 3.74. The summed E-state index contributed by atoms with van der Waals surface area (Å²) in [7, 11) is 0. The van der Waals surface area contributed by atoms with Crippen LogP contribution in [-0.2, 0) is 14.2 Å². The van der Waals surface area contributed by atoms with Gasteiger partial charge in [0, 0.05) is 13.2 Å². The molecule has 0 radical (unpaired) electrons. The van der Waals surface area contributed by atoms with Crippen molar-refractivity contribution in [2.45, 2.75) is 59.3 Å². The largest absolute Gasteiger partial charge is 0.379 e. The van der Waals surface area contributed by atoms with Crippen molar-refractivity contribution in [1.82, 2.24) is 4.90 Å². The molecule has 0 saturated heterocycles. The van der Waals surface area contributed by atoms with Crippen LogP contribution in [0.25, 0.3) is 0 Å². The van der Waals surface area contributed by atoms with Crippen molar-refractivity contribution in [3.8, 4) is 0 Å². The van der Waals surface area contributed by atoms with E-state index in [4.69, 9.17) is 14.2 Å². The third kappa shape index (κ3) is 16.2. The van der Waals surface area contributed by atoms with Crippen LogP contribution in [0.4, 0.5) is 0 Å². The van der Waals surface area contributed by atoms with Gasteiger partial charge in [0.15, 0.2) is 0 Å². The van der Waals surface area contributed by atoms with Gasteiger partial charge in [-0.1, -0.05) is 52.9 Å². The smallest absolute Gasteiger partial charge is 0.0701 e. The van der Waals surface area contributed by atoms with Gasteiger partial charge >= 0.3 is 0 Å². The summed E-state index contributed by atoms with van der Waals surface area (Å²) in [5.41, 5.74) is 0. The van der Waals surface area contributed by atoms with Crippen LogP contribution in [-0.4, -0.2) is 64.2 Å².